The molecule has 1 aliphatic heterocycles. The minimum absolute atomic E-state index is 0.0697. The van der Waals surface area contributed by atoms with Gasteiger partial charge in [0.05, 0.1) is 15.1 Å². The number of hydrogen-bond acceptors (Lipinski definition) is 7. The lowest BCUT2D eigenvalue weighted by Crippen LogP contribution is -2.31. The van der Waals surface area contributed by atoms with E-state index in [1.54, 1.807) is 50.5 Å². The summed E-state index contributed by atoms with van der Waals surface area (Å²) in [5, 5.41) is 17.0. The Hall–Kier alpha value is -4.26. The molecule has 1 aliphatic rings. The molecule has 0 bridgehead atoms. The summed E-state index contributed by atoms with van der Waals surface area (Å²) < 4.78 is 20.8. The van der Waals surface area contributed by atoms with Gasteiger partial charge in [0.15, 0.2) is 0 Å². The molecule has 0 fully saturated rings. The summed E-state index contributed by atoms with van der Waals surface area (Å²) in [4.78, 5) is 22.0. The van der Waals surface area contributed by atoms with Crippen LogP contribution in [-0.2, 0) is 19.9 Å². The molecule has 5 rings (SSSR count). The number of amides is 1. The van der Waals surface area contributed by atoms with Crippen molar-refractivity contribution >= 4 is 43.6 Å². The average molecular weight is 540 g/mol. The summed E-state index contributed by atoms with van der Waals surface area (Å²) in [5.74, 6) is 6.79. The minimum Gasteiger partial charge on any atom is -0.396 e. The molecule has 0 spiro atoms. The Bertz CT molecular complexity index is 1760. The lowest BCUT2D eigenvalue weighted by Gasteiger charge is -2.20. The molecule has 4 aromatic rings. The van der Waals surface area contributed by atoms with Crippen LogP contribution in [0.5, 0.6) is 0 Å². The SMILES string of the molecule is CC(C)S(=N)(=O)c1ccc(Nc2cc3c(C#Cc4ccc5c(c4)NC(=O)C5(C)CCO)nccc3cn2)cc1. The Morgan fingerprint density at radius 1 is 1.10 bits per heavy atom. The lowest BCUT2D eigenvalue weighted by molar-refractivity contribution is -0.120. The van der Waals surface area contributed by atoms with Crippen molar-refractivity contribution in [3.05, 3.63) is 83.8 Å². The van der Waals surface area contributed by atoms with Gasteiger partial charge in [0.2, 0.25) is 5.91 Å². The zero-order valence-corrected chi connectivity index (χ0v) is 22.7. The van der Waals surface area contributed by atoms with Gasteiger partial charge in [0.25, 0.3) is 0 Å². The Morgan fingerprint density at radius 3 is 2.59 bits per heavy atom. The van der Waals surface area contributed by atoms with Crippen molar-refractivity contribution in [2.24, 2.45) is 0 Å². The molecule has 0 saturated heterocycles. The fourth-order valence-electron chi connectivity index (χ4n) is 4.59. The number of benzene rings is 2. The number of anilines is 3. The smallest absolute Gasteiger partial charge is 0.234 e. The van der Waals surface area contributed by atoms with Crippen LogP contribution in [-0.4, -0.2) is 37.0 Å². The van der Waals surface area contributed by atoms with Crippen LogP contribution in [0.4, 0.5) is 17.2 Å². The molecule has 39 heavy (non-hydrogen) atoms. The maximum absolute atomic E-state index is 12.6. The molecule has 0 saturated carbocycles. The van der Waals surface area contributed by atoms with Gasteiger partial charge in [-0.1, -0.05) is 12.0 Å². The number of hydrogen-bond donors (Lipinski definition) is 4. The van der Waals surface area contributed by atoms with Crippen LogP contribution in [0.25, 0.3) is 10.8 Å². The molecule has 3 heterocycles. The van der Waals surface area contributed by atoms with Gasteiger partial charge in [0, 0.05) is 56.9 Å². The summed E-state index contributed by atoms with van der Waals surface area (Å²) in [6.07, 6.45) is 3.80. The Morgan fingerprint density at radius 2 is 1.87 bits per heavy atom. The van der Waals surface area contributed by atoms with Crippen LogP contribution in [0.15, 0.2) is 71.9 Å². The molecular weight excluding hydrogens is 510 g/mol. The van der Waals surface area contributed by atoms with Gasteiger partial charge in [-0.2, -0.15) is 0 Å². The van der Waals surface area contributed by atoms with Gasteiger partial charge in [-0.25, -0.2) is 19.0 Å². The number of rotatable bonds is 6. The highest BCUT2D eigenvalue weighted by Gasteiger charge is 2.42. The number of pyridine rings is 2. The van der Waals surface area contributed by atoms with E-state index in [-0.39, 0.29) is 17.8 Å². The number of nitrogens with one attached hydrogen (secondary N) is 3. The zero-order valence-electron chi connectivity index (χ0n) is 21.9. The second-order valence-corrected chi connectivity index (χ2v) is 12.6. The molecule has 2 atom stereocenters. The normalized spacial score (nSPS) is 17.7. The standard InChI is InChI=1S/C30H29N5O3S/c1-19(2)39(31,38)23-8-6-22(7-9-23)34-28-17-24-21(18-33-28)12-14-32-26(24)11-5-20-4-10-25-27(16-20)35-29(37)30(25,3)13-15-36/h4,6-10,12,14,16-19,31,36H,13,15H2,1-3H3,(H,33,34)(H,35,37). The Kier molecular flexibility index (Phi) is 6.85. The average Bonchev–Trinajstić information content (AvgIpc) is 3.16. The number of nitrogens with zero attached hydrogens (tertiary/aromatic N) is 2. The molecule has 2 unspecified atom stereocenters. The molecule has 198 valence electrons. The first-order chi connectivity index (χ1) is 18.6. The van der Waals surface area contributed by atoms with E-state index in [9.17, 15) is 14.1 Å². The predicted molar refractivity (Wildman–Crippen MR) is 154 cm³/mol. The quantitative estimate of drug-likeness (QED) is 0.250. The van der Waals surface area contributed by atoms with Crippen molar-refractivity contribution < 1.29 is 14.1 Å². The molecule has 4 N–H and O–H groups in total. The summed E-state index contributed by atoms with van der Waals surface area (Å²) in [5.41, 5.74) is 2.91. The highest BCUT2D eigenvalue weighted by molar-refractivity contribution is 7.93. The van der Waals surface area contributed by atoms with Crippen LogP contribution in [0, 0.1) is 16.6 Å². The van der Waals surface area contributed by atoms with Gasteiger partial charge in [-0.15, -0.1) is 0 Å². The van der Waals surface area contributed by atoms with E-state index in [1.165, 1.54) is 0 Å². The van der Waals surface area contributed by atoms with Gasteiger partial charge in [-0.3, -0.25) is 4.79 Å². The number of aliphatic hydroxyl groups excluding tert-OH is 1. The number of aliphatic hydroxyl groups is 1. The fourth-order valence-corrected chi connectivity index (χ4v) is 5.67. The minimum atomic E-state index is -2.84. The number of carbonyl (C=O) groups is 1. The van der Waals surface area contributed by atoms with E-state index < -0.39 is 15.1 Å². The number of fused-ring (bicyclic) bond motifs is 2. The topological polar surface area (TPSA) is 128 Å². The van der Waals surface area contributed by atoms with E-state index in [4.69, 9.17) is 4.78 Å². The first kappa shape index (κ1) is 26.4. The van der Waals surface area contributed by atoms with E-state index in [0.717, 1.165) is 27.6 Å². The highest BCUT2D eigenvalue weighted by Crippen LogP contribution is 2.40. The Labute approximate surface area is 227 Å². The van der Waals surface area contributed by atoms with Crippen LogP contribution < -0.4 is 10.6 Å². The predicted octanol–water partition coefficient (Wildman–Crippen LogP) is 5.18. The molecule has 0 radical (unpaired) electrons. The number of aromatic nitrogens is 2. The third kappa shape index (κ3) is 4.97. The summed E-state index contributed by atoms with van der Waals surface area (Å²) in [6, 6.07) is 16.4. The second-order valence-electron chi connectivity index (χ2n) is 10.0. The van der Waals surface area contributed by atoms with Crippen molar-refractivity contribution in [3.63, 3.8) is 0 Å². The molecule has 2 aromatic heterocycles. The van der Waals surface area contributed by atoms with Crippen molar-refractivity contribution in [1.82, 2.24) is 9.97 Å². The molecule has 9 heteroatoms. The van der Waals surface area contributed by atoms with Crippen molar-refractivity contribution in [2.75, 3.05) is 17.2 Å². The third-order valence-corrected chi connectivity index (χ3v) is 9.39. The van der Waals surface area contributed by atoms with Gasteiger partial charge >= 0.3 is 0 Å². The van der Waals surface area contributed by atoms with Gasteiger partial charge < -0.3 is 15.7 Å². The van der Waals surface area contributed by atoms with Crippen molar-refractivity contribution in [1.29, 1.82) is 4.78 Å². The van der Waals surface area contributed by atoms with E-state index in [2.05, 4.69) is 32.4 Å². The summed E-state index contributed by atoms with van der Waals surface area (Å²) in [6.45, 7) is 5.33. The summed E-state index contributed by atoms with van der Waals surface area (Å²) >= 11 is 0. The molecule has 8 nitrogen and oxygen atoms in total. The largest absolute Gasteiger partial charge is 0.396 e. The lowest BCUT2D eigenvalue weighted by atomic mass is 9.81. The first-order valence-corrected chi connectivity index (χ1v) is 14.2. The molecular formula is C30H29N5O3S. The van der Waals surface area contributed by atoms with Crippen LogP contribution >= 0.6 is 0 Å². The van der Waals surface area contributed by atoms with E-state index in [0.29, 0.717) is 28.5 Å². The number of carbonyl (C=O) groups excluding carboxylic acids is 1. The van der Waals surface area contributed by atoms with Crippen LogP contribution in [0.3, 0.4) is 0 Å². The van der Waals surface area contributed by atoms with Gasteiger partial charge in [0.1, 0.15) is 11.5 Å². The van der Waals surface area contributed by atoms with Crippen LogP contribution in [0.2, 0.25) is 0 Å². The fraction of sp³-hybridized carbons (Fsp3) is 0.233. The van der Waals surface area contributed by atoms with E-state index in [1.807, 2.05) is 37.3 Å². The molecule has 0 aliphatic carbocycles. The van der Waals surface area contributed by atoms with Crippen LogP contribution in [0.1, 0.15) is 44.0 Å². The summed E-state index contributed by atoms with van der Waals surface area (Å²) in [7, 11) is -2.84. The molecule has 2 aromatic carbocycles. The zero-order chi connectivity index (χ0) is 27.8. The third-order valence-electron chi connectivity index (χ3n) is 7.09. The van der Waals surface area contributed by atoms with Crippen molar-refractivity contribution in [2.45, 2.75) is 42.8 Å². The monoisotopic (exact) mass is 539 g/mol. The van der Waals surface area contributed by atoms with Gasteiger partial charge in [-0.05, 0) is 87.2 Å². The highest BCUT2D eigenvalue weighted by atomic mass is 32.2. The Balaban J connectivity index is 1.42. The first-order valence-electron chi connectivity index (χ1n) is 12.6. The molecule has 1 amide bonds. The van der Waals surface area contributed by atoms with Crippen molar-refractivity contribution in [3.8, 4) is 11.8 Å². The van der Waals surface area contributed by atoms with E-state index >= 15 is 0 Å². The second kappa shape index (κ2) is 10.1. The maximum Gasteiger partial charge on any atom is 0.234 e. The maximum atomic E-state index is 12.6.